The molecule has 53 heavy (non-hydrogen) atoms. The summed E-state index contributed by atoms with van der Waals surface area (Å²) in [6.07, 6.45) is 33.4. The Balaban J connectivity index is 0.00000690. The van der Waals surface area contributed by atoms with Crippen molar-refractivity contribution < 1.29 is 23.9 Å². The predicted octanol–water partition coefficient (Wildman–Crippen LogP) is 12.8. The van der Waals surface area contributed by atoms with Crippen LogP contribution in [0, 0.1) is 0 Å². The van der Waals surface area contributed by atoms with Crippen molar-refractivity contribution in [2.24, 2.45) is 10.2 Å². The van der Waals surface area contributed by atoms with Crippen molar-refractivity contribution in [3.05, 3.63) is 114 Å². The molecule has 0 saturated carbocycles. The number of nitrogens with zero attached hydrogens (tertiary/aromatic N) is 2. The Kier molecular flexibility index (Phi) is 26.6. The summed E-state index contributed by atoms with van der Waals surface area (Å²) in [4.78, 5) is 49.3. The molecule has 0 unspecified atom stereocenters. The summed E-state index contributed by atoms with van der Waals surface area (Å²) in [6.45, 7) is 9.67. The van der Waals surface area contributed by atoms with E-state index in [1.54, 1.807) is 36.4 Å². The van der Waals surface area contributed by atoms with Gasteiger partial charge in [-0.2, -0.15) is 10.2 Å². The zero-order valence-corrected chi connectivity index (χ0v) is 32.7. The highest BCUT2D eigenvalue weighted by atomic mass is 16.5. The lowest BCUT2D eigenvalue weighted by molar-refractivity contribution is -0.134. The fourth-order valence-electron chi connectivity index (χ4n) is 4.80. The lowest BCUT2D eigenvalue weighted by atomic mass is 10.1. The number of Topliss-reactive ketones (excluding diaryl/α,β-unsaturated/α-hetero) is 1. The molecule has 0 radical (unpaired) electrons. The van der Waals surface area contributed by atoms with Crippen molar-refractivity contribution in [2.75, 3.05) is 0 Å². The second-order valence-corrected chi connectivity index (χ2v) is 12.1. The summed E-state index contributed by atoms with van der Waals surface area (Å²) in [7, 11) is 0. The number of nitrogens with one attached hydrogen (secondary N) is 1. The second-order valence-electron chi connectivity index (χ2n) is 12.1. The zero-order chi connectivity index (χ0) is 38.9. The molecule has 2 aromatic carbocycles. The number of amides is 2. The maximum absolute atomic E-state index is 12.5. The maximum atomic E-state index is 12.5. The fraction of sp³-hybridized carbons (Fsp3) is 0.422. The Labute approximate surface area is 318 Å². The topological polar surface area (TPSA) is 114 Å². The lowest BCUT2D eigenvalue weighted by Gasteiger charge is -2.08. The molecular weight excluding hydrogens is 663 g/mol. The van der Waals surface area contributed by atoms with Gasteiger partial charge in [0.2, 0.25) is 5.91 Å². The van der Waals surface area contributed by atoms with Crippen LogP contribution in [0.3, 0.4) is 0 Å². The van der Waals surface area contributed by atoms with Crippen LogP contribution in [0.2, 0.25) is 0 Å². The number of carbonyl (C=O) groups is 4. The van der Waals surface area contributed by atoms with Gasteiger partial charge < -0.3 is 4.74 Å². The average molecular weight is 724 g/mol. The minimum atomic E-state index is -0.456. The predicted molar refractivity (Wildman–Crippen MR) is 218 cm³/mol. The summed E-state index contributed by atoms with van der Waals surface area (Å²) in [6, 6.07) is 11.1. The summed E-state index contributed by atoms with van der Waals surface area (Å²) in [5.74, 6) is -1.22. The molecule has 0 aliphatic rings. The van der Waals surface area contributed by atoms with Crippen LogP contribution in [0.15, 0.2) is 113 Å². The minimum Gasteiger partial charge on any atom is -0.426 e. The molecule has 2 amide bonds. The average Bonchev–Trinajstić information content (AvgIpc) is 3.16. The second kappa shape index (κ2) is 30.6. The summed E-state index contributed by atoms with van der Waals surface area (Å²) < 4.78 is 5.51. The summed E-state index contributed by atoms with van der Waals surface area (Å²) in [5, 5.41) is 10.8. The van der Waals surface area contributed by atoms with Crippen molar-refractivity contribution in [2.45, 2.75) is 125 Å². The number of ketones is 1. The number of imide groups is 1. The smallest absolute Gasteiger partial charge is 0.311 e. The van der Waals surface area contributed by atoms with Gasteiger partial charge in [0.15, 0.2) is 5.78 Å². The third-order valence-electron chi connectivity index (χ3n) is 7.65. The highest BCUT2D eigenvalue weighted by Crippen LogP contribution is 2.27. The standard InChI is InChI=1S/C43H55N3O5.C2H6/c1-4-6-8-10-11-12-13-14-15-16-17-18-19-20-21-23-25-27-42(49)51-40-33-32-38(34-39(40)35(3)47)46-45-37-30-28-36(29-31-37)43(50)44-41(48)26-24-22-9-7-5-2;1-2/h6,8,11-12,14-15,17-18,20-21,28-34H,4-5,7,9-10,13,16,19,22-27H2,1-3H3,(H,44,48,50);1-2H3/b8-6-,12-11-,15-14-,18-17-,21-20-,46-45?;. The number of esters is 1. The Bertz CT molecular complexity index is 1550. The Morgan fingerprint density at radius 2 is 1.19 bits per heavy atom. The number of allylic oxidation sites excluding steroid dienone is 10. The van der Waals surface area contributed by atoms with Crippen LogP contribution in [0.1, 0.15) is 145 Å². The van der Waals surface area contributed by atoms with E-state index >= 15 is 0 Å². The number of rotatable bonds is 24. The molecule has 0 spiro atoms. The van der Waals surface area contributed by atoms with Gasteiger partial charge in [0.25, 0.3) is 5.91 Å². The third-order valence-corrected chi connectivity index (χ3v) is 7.65. The Morgan fingerprint density at radius 1 is 0.642 bits per heavy atom. The van der Waals surface area contributed by atoms with Gasteiger partial charge in [-0.15, -0.1) is 0 Å². The van der Waals surface area contributed by atoms with Gasteiger partial charge >= 0.3 is 5.97 Å². The molecule has 0 aliphatic heterocycles. The van der Waals surface area contributed by atoms with Crippen molar-refractivity contribution in [1.82, 2.24) is 5.32 Å². The van der Waals surface area contributed by atoms with Gasteiger partial charge in [-0.3, -0.25) is 24.5 Å². The summed E-state index contributed by atoms with van der Waals surface area (Å²) >= 11 is 0. The molecule has 2 aromatic rings. The van der Waals surface area contributed by atoms with E-state index in [0.717, 1.165) is 70.6 Å². The molecule has 0 fully saturated rings. The first-order valence-corrected chi connectivity index (χ1v) is 19.3. The quantitative estimate of drug-likeness (QED) is 0.0289. The molecule has 0 aliphatic carbocycles. The van der Waals surface area contributed by atoms with E-state index in [1.165, 1.54) is 13.0 Å². The van der Waals surface area contributed by atoms with Gasteiger partial charge in [0.1, 0.15) is 5.75 Å². The van der Waals surface area contributed by atoms with Crippen LogP contribution in [-0.4, -0.2) is 23.6 Å². The Hall–Kier alpha value is -4.98. The van der Waals surface area contributed by atoms with Gasteiger partial charge in [-0.1, -0.05) is 114 Å². The van der Waals surface area contributed by atoms with Gasteiger partial charge in [-0.05, 0) is 101 Å². The molecule has 1 N–H and O–H groups in total. The number of hydrogen-bond acceptors (Lipinski definition) is 7. The molecule has 0 saturated heterocycles. The first-order valence-electron chi connectivity index (χ1n) is 19.3. The monoisotopic (exact) mass is 723 g/mol. The van der Waals surface area contributed by atoms with E-state index in [0.29, 0.717) is 29.8 Å². The normalized spacial score (nSPS) is 11.6. The van der Waals surface area contributed by atoms with Gasteiger partial charge in [0, 0.05) is 18.4 Å². The van der Waals surface area contributed by atoms with Gasteiger partial charge in [-0.25, -0.2) is 0 Å². The van der Waals surface area contributed by atoms with Crippen molar-refractivity contribution in [3.63, 3.8) is 0 Å². The van der Waals surface area contributed by atoms with E-state index in [9.17, 15) is 19.2 Å². The van der Waals surface area contributed by atoms with Crippen LogP contribution in [0.4, 0.5) is 11.4 Å². The van der Waals surface area contributed by atoms with Crippen molar-refractivity contribution >= 4 is 34.9 Å². The molecule has 0 bridgehead atoms. The number of ether oxygens (including phenoxy) is 1. The minimum absolute atomic E-state index is 0.187. The largest absolute Gasteiger partial charge is 0.426 e. The molecule has 2 rings (SSSR count). The maximum Gasteiger partial charge on any atom is 0.311 e. The molecule has 8 heteroatoms. The SMILES string of the molecule is CC.CC/C=C\C/C=C\C/C=C\C/C=C\C/C=C\CCCC(=O)Oc1ccc(N=Nc2ccc(C(=O)NC(=O)CCCCCCC)cc2)cc1C(C)=O. The molecule has 0 heterocycles. The van der Waals surface area contributed by atoms with Crippen LogP contribution in [-0.2, 0) is 9.59 Å². The highest BCUT2D eigenvalue weighted by molar-refractivity contribution is 6.04. The van der Waals surface area contributed by atoms with E-state index < -0.39 is 11.9 Å². The first-order chi connectivity index (χ1) is 25.8. The van der Waals surface area contributed by atoms with E-state index in [-0.39, 0.29) is 29.4 Å². The van der Waals surface area contributed by atoms with Crippen LogP contribution in [0.5, 0.6) is 5.75 Å². The number of carbonyl (C=O) groups excluding carboxylic acids is 4. The van der Waals surface area contributed by atoms with E-state index in [1.807, 2.05) is 13.8 Å². The van der Waals surface area contributed by atoms with E-state index in [4.69, 9.17) is 4.74 Å². The third kappa shape index (κ3) is 22.5. The summed E-state index contributed by atoms with van der Waals surface area (Å²) in [5.41, 5.74) is 1.47. The first kappa shape index (κ1) is 46.0. The van der Waals surface area contributed by atoms with Crippen LogP contribution >= 0.6 is 0 Å². The zero-order valence-electron chi connectivity index (χ0n) is 32.7. The molecule has 8 nitrogen and oxygen atoms in total. The van der Waals surface area contributed by atoms with E-state index in [2.05, 4.69) is 90.2 Å². The van der Waals surface area contributed by atoms with Crippen LogP contribution < -0.4 is 10.1 Å². The molecule has 0 atom stereocenters. The highest BCUT2D eigenvalue weighted by Gasteiger charge is 2.14. The van der Waals surface area contributed by atoms with Gasteiger partial charge in [0.05, 0.1) is 16.9 Å². The number of unbranched alkanes of at least 4 members (excludes halogenated alkanes) is 5. The number of azo groups is 1. The number of benzene rings is 2. The number of hydrogen-bond donors (Lipinski definition) is 1. The van der Waals surface area contributed by atoms with Crippen LogP contribution in [0.25, 0.3) is 0 Å². The molecular formula is C45H61N3O5. The fourth-order valence-corrected chi connectivity index (χ4v) is 4.80. The molecule has 286 valence electrons. The Morgan fingerprint density at radius 3 is 1.77 bits per heavy atom. The molecule has 0 aromatic heterocycles. The lowest BCUT2D eigenvalue weighted by Crippen LogP contribution is -2.30. The van der Waals surface area contributed by atoms with Crippen molar-refractivity contribution in [1.29, 1.82) is 0 Å². The van der Waals surface area contributed by atoms with Crippen molar-refractivity contribution in [3.8, 4) is 5.75 Å².